The molecule has 0 radical (unpaired) electrons. The quantitative estimate of drug-likeness (QED) is 0.379. The molecule has 1 heterocycles. The Morgan fingerprint density at radius 3 is 2.27 bits per heavy atom. The summed E-state index contributed by atoms with van der Waals surface area (Å²) in [6.07, 6.45) is 1.89. The van der Waals surface area contributed by atoms with Crippen LogP contribution in [0.2, 0.25) is 0 Å². The monoisotopic (exact) mass is 238 g/mol. The van der Waals surface area contributed by atoms with Crippen LogP contribution >= 0.6 is 0 Å². The van der Waals surface area contributed by atoms with Crippen molar-refractivity contribution in [2.75, 3.05) is 40.3 Å². The molecule has 1 aliphatic rings. The van der Waals surface area contributed by atoms with Crippen molar-refractivity contribution in [3.05, 3.63) is 0 Å². The molecule has 6 heteroatoms. The summed E-state index contributed by atoms with van der Waals surface area (Å²) in [4.78, 5) is 0. The maximum Gasteiger partial charge on any atom is 0.347 e. The van der Waals surface area contributed by atoms with Gasteiger partial charge in [-0.2, -0.15) is 0 Å². The molecule has 1 fully saturated rings. The Balaban J connectivity index is 0.000000322. The molecule has 15 heavy (non-hydrogen) atoms. The van der Waals surface area contributed by atoms with Crippen LogP contribution in [0.25, 0.3) is 0 Å². The van der Waals surface area contributed by atoms with E-state index in [-0.39, 0.29) is 12.7 Å². The van der Waals surface area contributed by atoms with Gasteiger partial charge in [0.1, 0.15) is 6.10 Å². The van der Waals surface area contributed by atoms with Gasteiger partial charge in [0.15, 0.2) is 0 Å². The maximum absolute atomic E-state index is 8.08. The highest BCUT2D eigenvalue weighted by atomic mass is 28.3. The van der Waals surface area contributed by atoms with Gasteiger partial charge in [-0.05, 0) is 6.42 Å². The Bertz CT molecular complexity index is 128. The van der Waals surface area contributed by atoms with Crippen LogP contribution in [0.1, 0.15) is 13.3 Å². The second kappa shape index (κ2) is 10.5. The third kappa shape index (κ3) is 10.3. The average molecular weight is 238 g/mol. The number of hydrogen-bond acceptors (Lipinski definition) is 5. The molecule has 1 rings (SSSR count). The molecule has 92 valence electrons. The predicted octanol–water partition coefficient (Wildman–Crippen LogP) is -0.157. The van der Waals surface area contributed by atoms with E-state index < -0.39 is 9.28 Å². The smallest absolute Gasteiger partial charge is 0.347 e. The summed E-state index contributed by atoms with van der Waals surface area (Å²) < 4.78 is 19.9. The lowest BCUT2D eigenvalue weighted by Crippen LogP contribution is -2.26. The van der Waals surface area contributed by atoms with Gasteiger partial charge in [0.25, 0.3) is 0 Å². The Morgan fingerprint density at radius 1 is 1.40 bits per heavy atom. The Hall–Kier alpha value is 0.0169. The first-order valence-corrected chi connectivity index (χ1v) is 6.90. The minimum Gasteiger partial charge on any atom is -0.399 e. The lowest BCUT2D eigenvalue weighted by atomic mass is 10.5. The zero-order chi connectivity index (χ0) is 11.5. The molecular weight excluding hydrogens is 216 g/mol. The Kier molecular flexibility index (Phi) is 10.5. The lowest BCUT2D eigenvalue weighted by Gasteiger charge is -2.09. The second-order valence-corrected chi connectivity index (χ2v) is 5.25. The molecule has 0 aliphatic carbocycles. The Morgan fingerprint density at radius 2 is 2.00 bits per heavy atom. The van der Waals surface area contributed by atoms with Crippen molar-refractivity contribution in [3.63, 3.8) is 0 Å². The number of aliphatic hydroxyl groups excluding tert-OH is 1. The van der Waals surface area contributed by atoms with Crippen molar-refractivity contribution in [3.8, 4) is 0 Å². The summed E-state index contributed by atoms with van der Waals surface area (Å²) in [6, 6.07) is 0. The van der Waals surface area contributed by atoms with Crippen LogP contribution in [0.3, 0.4) is 0 Å². The second-order valence-electron chi connectivity index (χ2n) is 3.11. The largest absolute Gasteiger partial charge is 0.399 e. The van der Waals surface area contributed by atoms with Gasteiger partial charge in [-0.1, -0.05) is 6.92 Å². The SMILES string of the molecule is CCCOC[SiH](OC)OC.OCC1CO1. The average Bonchev–Trinajstić information content (AvgIpc) is 3.09. The maximum atomic E-state index is 8.08. The summed E-state index contributed by atoms with van der Waals surface area (Å²) in [7, 11) is 1.88. The van der Waals surface area contributed by atoms with Crippen molar-refractivity contribution >= 4 is 9.28 Å². The summed E-state index contributed by atoms with van der Waals surface area (Å²) in [6.45, 7) is 3.84. The topological polar surface area (TPSA) is 60.5 Å². The fourth-order valence-corrected chi connectivity index (χ4v) is 1.55. The number of rotatable bonds is 7. The van der Waals surface area contributed by atoms with Gasteiger partial charge in [-0.15, -0.1) is 0 Å². The van der Waals surface area contributed by atoms with E-state index in [1.54, 1.807) is 14.2 Å². The highest BCUT2D eigenvalue weighted by molar-refractivity contribution is 6.44. The number of hydrogen-bond donors (Lipinski definition) is 1. The minimum atomic E-state index is -1.45. The van der Waals surface area contributed by atoms with Crippen molar-refractivity contribution in [2.45, 2.75) is 19.4 Å². The fraction of sp³-hybridized carbons (Fsp3) is 1.00. The van der Waals surface area contributed by atoms with Gasteiger partial charge < -0.3 is 23.4 Å². The van der Waals surface area contributed by atoms with Crippen LogP contribution < -0.4 is 0 Å². The molecular formula is C9H22O5Si. The standard InChI is InChI=1S/C6H16O3Si.C3H6O2/c1-4-5-9-6-10(7-2)8-3;4-1-3-2-5-3/h10H,4-6H2,1-3H3;3-4H,1-2H2. The van der Waals surface area contributed by atoms with E-state index in [1.807, 2.05) is 0 Å². The summed E-state index contributed by atoms with van der Waals surface area (Å²) in [5, 5.41) is 8.08. The van der Waals surface area contributed by atoms with Crippen LogP contribution in [-0.4, -0.2) is 60.8 Å². The van der Waals surface area contributed by atoms with Gasteiger partial charge >= 0.3 is 9.28 Å². The van der Waals surface area contributed by atoms with Crippen LogP contribution in [-0.2, 0) is 18.3 Å². The third-order valence-electron chi connectivity index (χ3n) is 1.73. The normalized spacial score (nSPS) is 18.6. The van der Waals surface area contributed by atoms with Gasteiger partial charge in [0.2, 0.25) is 0 Å². The van der Waals surface area contributed by atoms with Crippen molar-refractivity contribution in [2.24, 2.45) is 0 Å². The molecule has 1 saturated heterocycles. The van der Waals surface area contributed by atoms with Crippen molar-refractivity contribution < 1.29 is 23.4 Å². The lowest BCUT2D eigenvalue weighted by molar-refractivity contribution is 0.140. The zero-order valence-corrected chi connectivity index (χ0v) is 10.9. The first-order chi connectivity index (χ1) is 7.28. The number of ether oxygens (including phenoxy) is 2. The molecule has 0 aromatic carbocycles. The van der Waals surface area contributed by atoms with Crippen molar-refractivity contribution in [1.29, 1.82) is 0 Å². The van der Waals surface area contributed by atoms with Crippen molar-refractivity contribution in [1.82, 2.24) is 0 Å². The van der Waals surface area contributed by atoms with Crippen LogP contribution in [0.5, 0.6) is 0 Å². The molecule has 0 bridgehead atoms. The highest BCUT2D eigenvalue weighted by Gasteiger charge is 2.19. The van der Waals surface area contributed by atoms with Crippen LogP contribution in [0.15, 0.2) is 0 Å². The zero-order valence-electron chi connectivity index (χ0n) is 9.77. The fourth-order valence-electron chi connectivity index (χ4n) is 0.730. The van der Waals surface area contributed by atoms with E-state index in [0.717, 1.165) is 19.6 Å². The first kappa shape index (κ1) is 15.0. The highest BCUT2D eigenvalue weighted by Crippen LogP contribution is 2.04. The summed E-state index contributed by atoms with van der Waals surface area (Å²) in [5.41, 5.74) is 0. The van der Waals surface area contributed by atoms with Gasteiger partial charge in [0, 0.05) is 20.8 Å². The van der Waals surface area contributed by atoms with Gasteiger partial charge in [-0.3, -0.25) is 0 Å². The van der Waals surface area contributed by atoms with Crippen LogP contribution in [0.4, 0.5) is 0 Å². The van der Waals surface area contributed by atoms with E-state index >= 15 is 0 Å². The molecule has 1 atom stereocenters. The molecule has 1 N–H and O–H groups in total. The van der Waals surface area contributed by atoms with E-state index in [4.69, 9.17) is 18.7 Å². The third-order valence-corrected chi connectivity index (χ3v) is 3.29. The number of epoxide rings is 1. The molecule has 1 aliphatic heterocycles. The van der Waals surface area contributed by atoms with Gasteiger partial charge in [0.05, 0.1) is 19.4 Å². The molecule has 0 saturated carbocycles. The van der Waals surface area contributed by atoms with E-state index in [1.165, 1.54) is 0 Å². The van der Waals surface area contributed by atoms with Crippen LogP contribution in [0, 0.1) is 0 Å². The molecule has 0 amide bonds. The molecule has 0 spiro atoms. The molecule has 5 nitrogen and oxygen atoms in total. The van der Waals surface area contributed by atoms with E-state index in [2.05, 4.69) is 11.7 Å². The predicted molar refractivity (Wildman–Crippen MR) is 59.1 cm³/mol. The van der Waals surface area contributed by atoms with Gasteiger partial charge in [-0.25, -0.2) is 0 Å². The molecule has 0 aromatic rings. The minimum absolute atomic E-state index is 0.190. The summed E-state index contributed by atoms with van der Waals surface area (Å²) in [5.74, 6) is 0. The molecule has 0 aromatic heterocycles. The molecule has 1 unspecified atom stereocenters. The van der Waals surface area contributed by atoms with E-state index in [0.29, 0.717) is 6.23 Å². The Labute approximate surface area is 93.1 Å². The number of aliphatic hydroxyl groups is 1. The summed E-state index contributed by atoms with van der Waals surface area (Å²) >= 11 is 0. The van der Waals surface area contributed by atoms with E-state index in [9.17, 15) is 0 Å². The first-order valence-electron chi connectivity index (χ1n) is 5.14.